The lowest BCUT2D eigenvalue weighted by molar-refractivity contribution is -0.137. The van der Waals surface area contributed by atoms with E-state index in [9.17, 15) is 13.2 Å². The maximum absolute atomic E-state index is 13.0. The lowest BCUT2D eigenvalue weighted by Crippen LogP contribution is -2.23. The van der Waals surface area contributed by atoms with Crippen molar-refractivity contribution in [2.24, 2.45) is 0 Å². The van der Waals surface area contributed by atoms with Crippen molar-refractivity contribution in [1.29, 1.82) is 0 Å². The number of anilines is 2. The summed E-state index contributed by atoms with van der Waals surface area (Å²) in [5, 5.41) is 0. The molecular formula is C16H13ClF3NO. The average Bonchev–Trinajstić information content (AvgIpc) is 2.50. The molecule has 2 aromatic carbocycles. The SMILES string of the molecule is FC(F)(F)c1ccc2c(c1)N(CCCCl)c1ccccc1O2. The molecule has 0 unspecified atom stereocenters. The minimum Gasteiger partial charge on any atom is -0.453 e. The van der Waals surface area contributed by atoms with Gasteiger partial charge >= 0.3 is 6.18 Å². The molecule has 0 atom stereocenters. The quantitative estimate of drug-likeness (QED) is 0.682. The van der Waals surface area contributed by atoms with Gasteiger partial charge in [0.1, 0.15) is 0 Å². The van der Waals surface area contributed by atoms with Gasteiger partial charge in [0.05, 0.1) is 16.9 Å². The predicted molar refractivity (Wildman–Crippen MR) is 80.3 cm³/mol. The number of para-hydroxylation sites is 2. The van der Waals surface area contributed by atoms with Crippen molar-refractivity contribution in [3.63, 3.8) is 0 Å². The fourth-order valence-corrected chi connectivity index (χ4v) is 2.58. The van der Waals surface area contributed by atoms with Crippen molar-refractivity contribution in [3.8, 4) is 11.5 Å². The van der Waals surface area contributed by atoms with E-state index in [1.54, 1.807) is 6.07 Å². The molecule has 0 aliphatic carbocycles. The lowest BCUT2D eigenvalue weighted by atomic mass is 10.1. The third-order valence-electron chi connectivity index (χ3n) is 3.47. The number of alkyl halides is 4. The van der Waals surface area contributed by atoms with E-state index in [-0.39, 0.29) is 0 Å². The van der Waals surface area contributed by atoms with Gasteiger partial charge in [-0.25, -0.2) is 0 Å². The number of halogens is 4. The highest BCUT2D eigenvalue weighted by atomic mass is 35.5. The van der Waals surface area contributed by atoms with Crippen molar-refractivity contribution < 1.29 is 17.9 Å². The number of benzene rings is 2. The summed E-state index contributed by atoms with van der Waals surface area (Å²) in [5.41, 5.74) is 0.475. The van der Waals surface area contributed by atoms with Gasteiger partial charge in [0.25, 0.3) is 0 Å². The molecule has 116 valence electrons. The molecule has 3 rings (SSSR count). The molecule has 0 radical (unpaired) electrons. The van der Waals surface area contributed by atoms with Gasteiger partial charge < -0.3 is 9.64 Å². The Hall–Kier alpha value is -1.88. The predicted octanol–water partition coefficient (Wildman–Crippen LogP) is 5.58. The van der Waals surface area contributed by atoms with Crippen LogP contribution in [0.2, 0.25) is 0 Å². The van der Waals surface area contributed by atoms with Crippen LogP contribution in [0.3, 0.4) is 0 Å². The first-order chi connectivity index (χ1) is 10.5. The van der Waals surface area contributed by atoms with Crippen LogP contribution in [0.15, 0.2) is 42.5 Å². The van der Waals surface area contributed by atoms with E-state index in [1.807, 2.05) is 23.1 Å². The first-order valence-corrected chi connectivity index (χ1v) is 7.36. The summed E-state index contributed by atoms with van der Waals surface area (Å²) < 4.78 is 44.6. The Morgan fingerprint density at radius 2 is 1.73 bits per heavy atom. The van der Waals surface area contributed by atoms with E-state index in [0.717, 1.165) is 17.8 Å². The molecule has 1 aliphatic heterocycles. The van der Waals surface area contributed by atoms with Gasteiger partial charge in [-0.2, -0.15) is 13.2 Å². The van der Waals surface area contributed by atoms with Gasteiger partial charge in [-0.05, 0) is 36.8 Å². The second-order valence-electron chi connectivity index (χ2n) is 4.94. The normalized spacial score (nSPS) is 13.4. The second-order valence-corrected chi connectivity index (χ2v) is 5.32. The molecule has 0 saturated carbocycles. The fraction of sp³-hybridized carbons (Fsp3) is 0.250. The largest absolute Gasteiger partial charge is 0.453 e. The van der Waals surface area contributed by atoms with E-state index < -0.39 is 11.7 Å². The van der Waals surface area contributed by atoms with Gasteiger partial charge in [0.2, 0.25) is 0 Å². The molecule has 0 saturated heterocycles. The van der Waals surface area contributed by atoms with Gasteiger partial charge in [-0.3, -0.25) is 0 Å². The number of fused-ring (bicyclic) bond motifs is 2. The number of nitrogens with zero attached hydrogens (tertiary/aromatic N) is 1. The Balaban J connectivity index is 2.08. The van der Waals surface area contributed by atoms with Crippen LogP contribution in [0.25, 0.3) is 0 Å². The molecular weight excluding hydrogens is 315 g/mol. The van der Waals surface area contributed by atoms with Gasteiger partial charge in [-0.1, -0.05) is 12.1 Å². The van der Waals surface area contributed by atoms with E-state index in [0.29, 0.717) is 36.0 Å². The van der Waals surface area contributed by atoms with Crippen molar-refractivity contribution in [2.45, 2.75) is 12.6 Å². The Morgan fingerprint density at radius 3 is 2.45 bits per heavy atom. The Kier molecular flexibility index (Phi) is 3.91. The van der Waals surface area contributed by atoms with Crippen LogP contribution in [0.5, 0.6) is 11.5 Å². The van der Waals surface area contributed by atoms with Crippen molar-refractivity contribution >= 4 is 23.0 Å². The molecule has 22 heavy (non-hydrogen) atoms. The standard InChI is InChI=1S/C16H13ClF3NO/c17-8-3-9-21-12-4-1-2-5-14(12)22-15-7-6-11(10-13(15)21)16(18,19)20/h1-2,4-7,10H,3,8-9H2. The van der Waals surface area contributed by atoms with E-state index >= 15 is 0 Å². The van der Waals surface area contributed by atoms with Crippen molar-refractivity contribution in [2.75, 3.05) is 17.3 Å². The monoisotopic (exact) mass is 327 g/mol. The first kappa shape index (κ1) is 15.0. The molecule has 6 heteroatoms. The third kappa shape index (κ3) is 2.73. The van der Waals surface area contributed by atoms with Gasteiger partial charge in [0.15, 0.2) is 11.5 Å². The van der Waals surface area contributed by atoms with Crippen LogP contribution in [-0.4, -0.2) is 12.4 Å². The van der Waals surface area contributed by atoms with E-state index in [1.165, 1.54) is 6.07 Å². The summed E-state index contributed by atoms with van der Waals surface area (Å²) >= 11 is 5.74. The number of hydrogen-bond donors (Lipinski definition) is 0. The second kappa shape index (κ2) is 5.72. The minimum atomic E-state index is -4.38. The van der Waals surface area contributed by atoms with Crippen LogP contribution in [0.4, 0.5) is 24.5 Å². The zero-order chi connectivity index (χ0) is 15.7. The highest BCUT2D eigenvalue weighted by molar-refractivity contribution is 6.17. The third-order valence-corrected chi connectivity index (χ3v) is 3.74. The van der Waals surface area contributed by atoms with Crippen LogP contribution in [0.1, 0.15) is 12.0 Å². The summed E-state index contributed by atoms with van der Waals surface area (Å²) in [6.07, 6.45) is -3.73. The number of rotatable bonds is 3. The van der Waals surface area contributed by atoms with Crippen LogP contribution < -0.4 is 9.64 Å². The topological polar surface area (TPSA) is 12.5 Å². The van der Waals surface area contributed by atoms with Crippen LogP contribution in [0, 0.1) is 0 Å². The van der Waals surface area contributed by atoms with E-state index in [2.05, 4.69) is 0 Å². The maximum atomic E-state index is 13.0. The number of hydrogen-bond acceptors (Lipinski definition) is 2. The van der Waals surface area contributed by atoms with Crippen molar-refractivity contribution in [3.05, 3.63) is 48.0 Å². The summed E-state index contributed by atoms with van der Waals surface area (Å²) in [5.74, 6) is 1.49. The molecule has 0 bridgehead atoms. The summed E-state index contributed by atoms with van der Waals surface area (Å²) in [6, 6.07) is 10.8. The smallest absolute Gasteiger partial charge is 0.416 e. The van der Waals surface area contributed by atoms with Crippen LogP contribution >= 0.6 is 11.6 Å². The summed E-state index contributed by atoms with van der Waals surface area (Å²) in [7, 11) is 0. The molecule has 0 fully saturated rings. The average molecular weight is 328 g/mol. The maximum Gasteiger partial charge on any atom is 0.416 e. The molecule has 0 N–H and O–H groups in total. The molecule has 0 spiro atoms. The fourth-order valence-electron chi connectivity index (χ4n) is 2.46. The molecule has 0 amide bonds. The molecule has 1 aliphatic rings. The highest BCUT2D eigenvalue weighted by Crippen LogP contribution is 2.48. The lowest BCUT2D eigenvalue weighted by Gasteiger charge is -2.33. The Morgan fingerprint density at radius 1 is 1.00 bits per heavy atom. The van der Waals surface area contributed by atoms with Gasteiger partial charge in [-0.15, -0.1) is 11.6 Å². The minimum absolute atomic E-state index is 0.415. The molecule has 2 nitrogen and oxygen atoms in total. The summed E-state index contributed by atoms with van der Waals surface area (Å²) in [6.45, 7) is 0.526. The molecule has 0 aromatic heterocycles. The molecule has 1 heterocycles. The first-order valence-electron chi connectivity index (χ1n) is 6.82. The Labute approximate surface area is 131 Å². The Bertz CT molecular complexity index is 687. The zero-order valence-corrected chi connectivity index (χ0v) is 12.3. The zero-order valence-electron chi connectivity index (χ0n) is 11.5. The highest BCUT2D eigenvalue weighted by Gasteiger charge is 2.33. The van der Waals surface area contributed by atoms with Crippen molar-refractivity contribution in [1.82, 2.24) is 0 Å². The van der Waals surface area contributed by atoms with Crippen LogP contribution in [-0.2, 0) is 6.18 Å². The molecule has 2 aromatic rings. The van der Waals surface area contributed by atoms with E-state index in [4.69, 9.17) is 16.3 Å². The van der Waals surface area contributed by atoms with Gasteiger partial charge in [0, 0.05) is 12.4 Å². The summed E-state index contributed by atoms with van der Waals surface area (Å²) in [4.78, 5) is 1.83. The number of ether oxygens (including phenoxy) is 1.